The Morgan fingerprint density at radius 3 is 2.21 bits per heavy atom. The van der Waals surface area contributed by atoms with E-state index >= 15 is 0 Å². The summed E-state index contributed by atoms with van der Waals surface area (Å²) in [7, 11) is 1.99. The highest BCUT2D eigenvalue weighted by atomic mass is 35.5. The second-order valence-electron chi connectivity index (χ2n) is 3.94. The van der Waals surface area contributed by atoms with Gasteiger partial charge in [0.05, 0.1) is 0 Å². The van der Waals surface area contributed by atoms with Crippen molar-refractivity contribution in [2.45, 2.75) is 6.92 Å². The van der Waals surface area contributed by atoms with Gasteiger partial charge in [-0.05, 0) is 24.6 Å². The molecule has 0 aliphatic rings. The summed E-state index contributed by atoms with van der Waals surface area (Å²) in [5.74, 6) is 0. The summed E-state index contributed by atoms with van der Waals surface area (Å²) >= 11 is 0. The first kappa shape index (κ1) is 17.1. The van der Waals surface area contributed by atoms with Gasteiger partial charge in [-0.25, -0.2) is 4.57 Å². The van der Waals surface area contributed by atoms with E-state index in [4.69, 9.17) is 0 Å². The fourth-order valence-corrected chi connectivity index (χ4v) is 1.33. The molecule has 0 unspecified atom stereocenters. The van der Waals surface area contributed by atoms with Gasteiger partial charge in [-0.15, -0.1) is 0 Å². The SMILES string of the molecule is C=Cc1ccc(C)nc1.C=Cc1ccc[n+](C)c1.[Cl-]. The smallest absolute Gasteiger partial charge is 0.175 e. The Morgan fingerprint density at radius 2 is 1.79 bits per heavy atom. The average Bonchev–Trinajstić information content (AvgIpc) is 2.40. The Hall–Kier alpha value is -1.93. The molecule has 2 aromatic heterocycles. The molecule has 0 saturated heterocycles. The van der Waals surface area contributed by atoms with E-state index in [1.54, 1.807) is 6.08 Å². The minimum atomic E-state index is 0. The predicted molar refractivity (Wildman–Crippen MR) is 76.8 cm³/mol. The van der Waals surface area contributed by atoms with Crippen molar-refractivity contribution in [2.75, 3.05) is 0 Å². The van der Waals surface area contributed by atoms with Crippen molar-refractivity contribution < 1.29 is 17.0 Å². The molecule has 0 amide bonds. The Kier molecular flexibility index (Phi) is 8.14. The molecule has 19 heavy (non-hydrogen) atoms. The molecule has 0 atom stereocenters. The molecule has 0 saturated carbocycles. The van der Waals surface area contributed by atoms with Crippen LogP contribution in [-0.2, 0) is 7.05 Å². The van der Waals surface area contributed by atoms with Crippen LogP contribution < -0.4 is 17.0 Å². The summed E-state index contributed by atoms with van der Waals surface area (Å²) in [5.41, 5.74) is 3.27. The summed E-state index contributed by atoms with van der Waals surface area (Å²) in [4.78, 5) is 4.08. The Morgan fingerprint density at radius 1 is 1.11 bits per heavy atom. The first-order valence-electron chi connectivity index (χ1n) is 5.78. The van der Waals surface area contributed by atoms with Crippen molar-refractivity contribution in [1.82, 2.24) is 4.98 Å². The molecule has 2 heterocycles. The Balaban J connectivity index is 0.000000324. The van der Waals surface area contributed by atoms with Crippen LogP contribution in [0.1, 0.15) is 16.8 Å². The van der Waals surface area contributed by atoms with E-state index in [-0.39, 0.29) is 12.4 Å². The number of aromatic nitrogens is 2. The van der Waals surface area contributed by atoms with Crippen molar-refractivity contribution in [2.24, 2.45) is 7.05 Å². The lowest BCUT2D eigenvalue weighted by molar-refractivity contribution is -0.671. The molecule has 0 spiro atoms. The molecule has 0 bridgehead atoms. The van der Waals surface area contributed by atoms with Gasteiger partial charge in [0.2, 0.25) is 0 Å². The van der Waals surface area contributed by atoms with E-state index in [1.165, 1.54) is 0 Å². The number of hydrogen-bond donors (Lipinski definition) is 0. The van der Waals surface area contributed by atoms with Gasteiger partial charge >= 0.3 is 0 Å². The molecule has 0 N–H and O–H groups in total. The van der Waals surface area contributed by atoms with E-state index in [0.717, 1.165) is 16.8 Å². The lowest BCUT2D eigenvalue weighted by atomic mass is 10.2. The molecule has 2 aromatic rings. The highest BCUT2D eigenvalue weighted by Crippen LogP contribution is 1.98. The van der Waals surface area contributed by atoms with Crippen LogP contribution in [0.15, 0.2) is 56.0 Å². The largest absolute Gasteiger partial charge is 1.00 e. The molecule has 2 rings (SSSR count). The second-order valence-corrected chi connectivity index (χ2v) is 3.94. The maximum absolute atomic E-state index is 4.08. The number of rotatable bonds is 2. The molecule has 0 aliphatic heterocycles. The van der Waals surface area contributed by atoms with Gasteiger partial charge < -0.3 is 12.4 Å². The third-order valence-corrected chi connectivity index (χ3v) is 2.37. The zero-order valence-corrected chi connectivity index (χ0v) is 12.1. The van der Waals surface area contributed by atoms with Crippen LogP contribution in [0.25, 0.3) is 12.2 Å². The number of halogens is 1. The summed E-state index contributed by atoms with van der Waals surface area (Å²) in [5, 5.41) is 0. The summed E-state index contributed by atoms with van der Waals surface area (Å²) < 4.78 is 2.00. The van der Waals surface area contributed by atoms with Crippen molar-refractivity contribution in [3.05, 3.63) is 72.8 Å². The second kappa shape index (κ2) is 9.06. The van der Waals surface area contributed by atoms with Crippen molar-refractivity contribution >= 4 is 12.2 Å². The van der Waals surface area contributed by atoms with E-state index in [9.17, 15) is 0 Å². The lowest BCUT2D eigenvalue weighted by Crippen LogP contribution is -3.00. The van der Waals surface area contributed by atoms with Crippen LogP contribution >= 0.6 is 0 Å². The highest BCUT2D eigenvalue weighted by Gasteiger charge is 1.89. The van der Waals surface area contributed by atoms with Gasteiger partial charge in [-0.2, -0.15) is 0 Å². The third-order valence-electron chi connectivity index (χ3n) is 2.37. The quantitative estimate of drug-likeness (QED) is 0.715. The number of pyridine rings is 2. The van der Waals surface area contributed by atoms with E-state index in [1.807, 2.05) is 67.5 Å². The molecule has 3 heteroatoms. The van der Waals surface area contributed by atoms with Crippen molar-refractivity contribution in [3.63, 3.8) is 0 Å². The maximum Gasteiger partial charge on any atom is 0.175 e. The van der Waals surface area contributed by atoms with Crippen LogP contribution in [-0.4, -0.2) is 4.98 Å². The maximum atomic E-state index is 4.08. The molecule has 0 aromatic carbocycles. The summed E-state index contributed by atoms with van der Waals surface area (Å²) in [6.45, 7) is 9.24. The monoisotopic (exact) mass is 274 g/mol. The van der Waals surface area contributed by atoms with Gasteiger partial charge in [0.15, 0.2) is 12.4 Å². The zero-order chi connectivity index (χ0) is 13.4. The van der Waals surface area contributed by atoms with Crippen molar-refractivity contribution in [1.29, 1.82) is 0 Å². The Labute approximate surface area is 121 Å². The minimum Gasteiger partial charge on any atom is -1.00 e. The number of aryl methyl sites for hydroxylation is 2. The zero-order valence-electron chi connectivity index (χ0n) is 11.4. The summed E-state index contributed by atoms with van der Waals surface area (Å²) in [6, 6.07) is 7.98. The molecular weight excluding hydrogens is 256 g/mol. The van der Waals surface area contributed by atoms with Crippen LogP contribution in [0.3, 0.4) is 0 Å². The fraction of sp³-hybridized carbons (Fsp3) is 0.125. The van der Waals surface area contributed by atoms with Crippen LogP contribution in [0.5, 0.6) is 0 Å². The number of hydrogen-bond acceptors (Lipinski definition) is 1. The van der Waals surface area contributed by atoms with E-state index in [2.05, 4.69) is 18.1 Å². The minimum absolute atomic E-state index is 0. The first-order chi connectivity index (χ1) is 8.65. The average molecular weight is 275 g/mol. The molecule has 100 valence electrons. The molecule has 0 fully saturated rings. The standard InChI is InChI=1S/C8H9N.C8H10N.ClH/c1-3-8-5-4-7(2)9-6-8;1-3-8-5-4-6-9(2)7-8;/h3-6H,1H2,2H3;3-7H,1H2,2H3;1H/q;+1;/p-1. The first-order valence-corrected chi connectivity index (χ1v) is 5.78. The molecule has 2 nitrogen and oxygen atoms in total. The van der Waals surface area contributed by atoms with Gasteiger partial charge in [0.25, 0.3) is 0 Å². The van der Waals surface area contributed by atoms with Crippen LogP contribution in [0, 0.1) is 6.92 Å². The van der Waals surface area contributed by atoms with Crippen LogP contribution in [0.2, 0.25) is 0 Å². The normalized spacial score (nSPS) is 8.53. The number of nitrogens with zero attached hydrogens (tertiary/aromatic N) is 2. The van der Waals surface area contributed by atoms with Gasteiger partial charge in [-0.3, -0.25) is 4.98 Å². The Bertz CT molecular complexity index is 519. The molecule has 0 aliphatic carbocycles. The highest BCUT2D eigenvalue weighted by molar-refractivity contribution is 5.44. The topological polar surface area (TPSA) is 16.8 Å². The van der Waals surface area contributed by atoms with Crippen LogP contribution in [0.4, 0.5) is 0 Å². The molecule has 0 radical (unpaired) electrons. The van der Waals surface area contributed by atoms with Gasteiger partial charge in [0, 0.05) is 23.5 Å². The fourth-order valence-electron chi connectivity index (χ4n) is 1.33. The van der Waals surface area contributed by atoms with E-state index in [0.29, 0.717) is 0 Å². The predicted octanol–water partition coefficient (Wildman–Crippen LogP) is 0.191. The summed E-state index contributed by atoms with van der Waals surface area (Å²) in [6.07, 6.45) is 9.44. The third kappa shape index (κ3) is 6.53. The molecular formula is C16H19ClN2. The van der Waals surface area contributed by atoms with Gasteiger partial charge in [-0.1, -0.05) is 31.4 Å². The lowest BCUT2D eigenvalue weighted by Gasteiger charge is -1.90. The van der Waals surface area contributed by atoms with Gasteiger partial charge in [0.1, 0.15) is 7.05 Å². The van der Waals surface area contributed by atoms with Crippen molar-refractivity contribution in [3.8, 4) is 0 Å². The van der Waals surface area contributed by atoms with E-state index < -0.39 is 0 Å².